The Morgan fingerprint density at radius 3 is 2.73 bits per heavy atom. The molecule has 0 unspecified atom stereocenters. The van der Waals surface area contributed by atoms with E-state index in [-0.39, 0.29) is 5.88 Å². The summed E-state index contributed by atoms with van der Waals surface area (Å²) in [6.45, 7) is 1.97. The van der Waals surface area contributed by atoms with E-state index < -0.39 is 0 Å². The zero-order valence-electron chi connectivity index (χ0n) is 6.16. The lowest BCUT2D eigenvalue weighted by atomic mass is 10.4. The smallest absolute Gasteiger partial charge is 0.300 e. The molecule has 0 spiro atoms. The molecular weight excluding hydrogens is 144 g/mol. The molecule has 0 radical (unpaired) electrons. The van der Waals surface area contributed by atoms with Gasteiger partial charge < -0.3 is 14.4 Å². The Labute approximate surface area is 64.5 Å². The van der Waals surface area contributed by atoms with Crippen LogP contribution in [-0.4, -0.2) is 23.2 Å². The third-order valence-corrected chi connectivity index (χ3v) is 1.86. The van der Waals surface area contributed by atoms with E-state index in [1.54, 1.807) is 0 Å². The number of hydrogen-bond acceptors (Lipinski definition) is 4. The summed E-state index contributed by atoms with van der Waals surface area (Å²) in [7, 11) is 0. The maximum atomic E-state index is 8.88. The number of oxazole rings is 1. The topological polar surface area (TPSA) is 49.5 Å². The van der Waals surface area contributed by atoms with Crippen LogP contribution in [0.15, 0.2) is 10.7 Å². The van der Waals surface area contributed by atoms with E-state index in [0.29, 0.717) is 6.01 Å². The van der Waals surface area contributed by atoms with E-state index in [9.17, 15) is 0 Å². The molecule has 2 heterocycles. The molecule has 0 bridgehead atoms. The zero-order valence-corrected chi connectivity index (χ0v) is 6.16. The minimum Gasteiger partial charge on any atom is -0.491 e. The van der Waals surface area contributed by atoms with Crippen LogP contribution in [0.5, 0.6) is 5.88 Å². The fraction of sp³-hybridized carbons (Fsp3) is 0.571. The molecule has 0 amide bonds. The molecule has 1 aliphatic heterocycles. The van der Waals surface area contributed by atoms with Crippen LogP contribution in [0.4, 0.5) is 6.01 Å². The SMILES string of the molecule is Oc1coc(N2CCCC2)n1. The van der Waals surface area contributed by atoms with Crippen molar-refractivity contribution < 1.29 is 9.52 Å². The second-order valence-corrected chi connectivity index (χ2v) is 2.68. The first kappa shape index (κ1) is 6.52. The van der Waals surface area contributed by atoms with Crippen molar-refractivity contribution in [2.75, 3.05) is 18.0 Å². The van der Waals surface area contributed by atoms with Gasteiger partial charge in [-0.05, 0) is 12.8 Å². The molecule has 2 rings (SSSR count). The Kier molecular flexibility index (Phi) is 1.45. The standard InChI is InChI=1S/C7H10N2O2/c10-6-5-11-7(8-6)9-3-1-2-4-9/h5,10H,1-4H2. The lowest BCUT2D eigenvalue weighted by Crippen LogP contribution is -2.17. The van der Waals surface area contributed by atoms with Crippen LogP contribution >= 0.6 is 0 Å². The number of anilines is 1. The first-order chi connectivity index (χ1) is 5.36. The van der Waals surface area contributed by atoms with Crippen molar-refractivity contribution in [1.29, 1.82) is 0 Å². The van der Waals surface area contributed by atoms with E-state index in [4.69, 9.17) is 9.52 Å². The molecular formula is C7H10N2O2. The number of aromatic hydroxyl groups is 1. The maximum absolute atomic E-state index is 8.88. The first-order valence-electron chi connectivity index (χ1n) is 3.76. The molecule has 1 aromatic heterocycles. The summed E-state index contributed by atoms with van der Waals surface area (Å²) in [6.07, 6.45) is 3.62. The molecule has 1 aromatic rings. The van der Waals surface area contributed by atoms with Crippen LogP contribution in [0.25, 0.3) is 0 Å². The van der Waals surface area contributed by atoms with Crippen LogP contribution in [0, 0.1) is 0 Å². The molecule has 1 aliphatic rings. The summed E-state index contributed by atoms with van der Waals surface area (Å²) < 4.78 is 5.01. The second kappa shape index (κ2) is 2.45. The number of nitrogens with zero attached hydrogens (tertiary/aromatic N) is 2. The van der Waals surface area contributed by atoms with Gasteiger partial charge in [0.2, 0.25) is 0 Å². The van der Waals surface area contributed by atoms with Crippen LogP contribution in [0.3, 0.4) is 0 Å². The van der Waals surface area contributed by atoms with Gasteiger partial charge in [0.15, 0.2) is 6.26 Å². The van der Waals surface area contributed by atoms with Gasteiger partial charge >= 0.3 is 6.01 Å². The van der Waals surface area contributed by atoms with Crippen LogP contribution < -0.4 is 4.90 Å². The molecule has 11 heavy (non-hydrogen) atoms. The number of hydrogen-bond donors (Lipinski definition) is 1. The summed E-state index contributed by atoms with van der Waals surface area (Å²) in [5, 5.41) is 8.88. The van der Waals surface area contributed by atoms with Crippen molar-refractivity contribution in [2.45, 2.75) is 12.8 Å². The molecule has 1 fully saturated rings. The van der Waals surface area contributed by atoms with E-state index in [1.165, 1.54) is 19.1 Å². The minimum atomic E-state index is -0.0353. The van der Waals surface area contributed by atoms with E-state index in [0.717, 1.165) is 13.1 Å². The monoisotopic (exact) mass is 154 g/mol. The molecule has 0 saturated carbocycles. The highest BCUT2D eigenvalue weighted by atomic mass is 16.4. The second-order valence-electron chi connectivity index (χ2n) is 2.68. The summed E-state index contributed by atoms with van der Waals surface area (Å²) in [5.41, 5.74) is 0. The van der Waals surface area contributed by atoms with Gasteiger partial charge in [-0.2, -0.15) is 4.98 Å². The van der Waals surface area contributed by atoms with Crippen molar-refractivity contribution >= 4 is 6.01 Å². The van der Waals surface area contributed by atoms with Crippen molar-refractivity contribution in [3.63, 3.8) is 0 Å². The molecule has 4 heteroatoms. The van der Waals surface area contributed by atoms with Gasteiger partial charge in [-0.3, -0.25) is 0 Å². The van der Waals surface area contributed by atoms with Crippen molar-refractivity contribution in [2.24, 2.45) is 0 Å². The minimum absolute atomic E-state index is 0.0353. The summed E-state index contributed by atoms with van der Waals surface area (Å²) in [6, 6.07) is 0.542. The first-order valence-corrected chi connectivity index (χ1v) is 3.76. The third-order valence-electron chi connectivity index (χ3n) is 1.86. The lowest BCUT2D eigenvalue weighted by molar-refractivity contribution is 0.448. The Morgan fingerprint density at radius 2 is 2.18 bits per heavy atom. The average Bonchev–Trinajstić information content (AvgIpc) is 2.55. The molecule has 1 N–H and O–H groups in total. The highest BCUT2D eigenvalue weighted by molar-refractivity contribution is 5.29. The largest absolute Gasteiger partial charge is 0.491 e. The van der Waals surface area contributed by atoms with Gasteiger partial charge in [-0.1, -0.05) is 0 Å². The maximum Gasteiger partial charge on any atom is 0.300 e. The normalized spacial score (nSPS) is 17.6. The van der Waals surface area contributed by atoms with Gasteiger partial charge in [0.05, 0.1) is 0 Å². The van der Waals surface area contributed by atoms with Crippen LogP contribution in [-0.2, 0) is 0 Å². The van der Waals surface area contributed by atoms with Gasteiger partial charge in [0.1, 0.15) is 0 Å². The number of rotatable bonds is 1. The van der Waals surface area contributed by atoms with Gasteiger partial charge in [0.25, 0.3) is 5.88 Å². The third kappa shape index (κ3) is 1.15. The van der Waals surface area contributed by atoms with Gasteiger partial charge in [-0.15, -0.1) is 0 Å². The summed E-state index contributed by atoms with van der Waals surface area (Å²) >= 11 is 0. The van der Waals surface area contributed by atoms with Crippen molar-refractivity contribution in [3.8, 4) is 5.88 Å². The number of aromatic nitrogens is 1. The Bertz CT molecular complexity index is 240. The molecule has 4 nitrogen and oxygen atoms in total. The predicted octanol–water partition coefficient (Wildman–Crippen LogP) is 0.980. The Balaban J connectivity index is 2.15. The summed E-state index contributed by atoms with van der Waals surface area (Å²) in [4.78, 5) is 5.84. The van der Waals surface area contributed by atoms with E-state index >= 15 is 0 Å². The molecule has 1 saturated heterocycles. The molecule has 0 atom stereocenters. The fourth-order valence-electron chi connectivity index (χ4n) is 1.31. The van der Waals surface area contributed by atoms with E-state index in [2.05, 4.69) is 4.98 Å². The highest BCUT2D eigenvalue weighted by Gasteiger charge is 2.16. The molecule has 0 aliphatic carbocycles. The Morgan fingerprint density at radius 1 is 1.45 bits per heavy atom. The van der Waals surface area contributed by atoms with Gasteiger partial charge in [0, 0.05) is 13.1 Å². The fourth-order valence-corrected chi connectivity index (χ4v) is 1.31. The molecule has 0 aromatic carbocycles. The Hall–Kier alpha value is -1.19. The average molecular weight is 154 g/mol. The van der Waals surface area contributed by atoms with Crippen molar-refractivity contribution in [3.05, 3.63) is 6.26 Å². The summed E-state index contributed by atoms with van der Waals surface area (Å²) in [5.74, 6) is -0.0353. The zero-order chi connectivity index (χ0) is 7.68. The lowest BCUT2D eigenvalue weighted by Gasteiger charge is -2.09. The van der Waals surface area contributed by atoms with E-state index in [1.807, 2.05) is 4.90 Å². The van der Waals surface area contributed by atoms with Crippen LogP contribution in [0.1, 0.15) is 12.8 Å². The molecule has 60 valence electrons. The quantitative estimate of drug-likeness (QED) is 0.655. The van der Waals surface area contributed by atoms with Crippen molar-refractivity contribution in [1.82, 2.24) is 4.98 Å². The predicted molar refractivity (Wildman–Crippen MR) is 39.6 cm³/mol. The highest BCUT2D eigenvalue weighted by Crippen LogP contribution is 2.20. The van der Waals surface area contributed by atoms with Gasteiger partial charge in [-0.25, -0.2) is 0 Å². The van der Waals surface area contributed by atoms with Crippen LogP contribution in [0.2, 0.25) is 0 Å².